The van der Waals surface area contributed by atoms with E-state index in [1.54, 1.807) is 25.1 Å². The van der Waals surface area contributed by atoms with E-state index in [0.29, 0.717) is 21.7 Å². The minimum absolute atomic E-state index is 0.0837. The molecule has 1 unspecified atom stereocenters. The molecule has 1 aromatic carbocycles. The van der Waals surface area contributed by atoms with Crippen LogP contribution >= 0.6 is 27.5 Å². The molecule has 0 aliphatic carbocycles. The summed E-state index contributed by atoms with van der Waals surface area (Å²) in [5, 5.41) is 12.3. The van der Waals surface area contributed by atoms with Crippen molar-refractivity contribution in [2.75, 3.05) is 6.61 Å². The summed E-state index contributed by atoms with van der Waals surface area (Å²) in [7, 11) is 0. The van der Waals surface area contributed by atoms with Crippen LogP contribution in [0.3, 0.4) is 0 Å². The van der Waals surface area contributed by atoms with E-state index in [4.69, 9.17) is 21.4 Å². The van der Waals surface area contributed by atoms with Crippen LogP contribution in [0.1, 0.15) is 20.3 Å². The smallest absolute Gasteiger partial charge is 0.261 e. The Kier molecular flexibility index (Phi) is 6.62. The van der Waals surface area contributed by atoms with E-state index in [9.17, 15) is 4.79 Å². The Morgan fingerprint density at radius 3 is 2.79 bits per heavy atom. The second kappa shape index (κ2) is 7.72. The third-order valence-corrected chi connectivity index (χ3v) is 3.48. The Morgan fingerprint density at radius 1 is 1.58 bits per heavy atom. The number of amides is 1. The van der Waals surface area contributed by atoms with E-state index < -0.39 is 6.10 Å². The zero-order valence-electron chi connectivity index (χ0n) is 10.8. The SMILES string of the molecule is CC[C@H](CO)NC(=O)C(C)Oc1ccc(Cl)cc1Br. The summed E-state index contributed by atoms with van der Waals surface area (Å²) >= 11 is 9.15. The molecule has 6 heteroatoms. The van der Waals surface area contributed by atoms with Gasteiger partial charge in [-0.05, 0) is 47.5 Å². The van der Waals surface area contributed by atoms with Gasteiger partial charge < -0.3 is 15.2 Å². The van der Waals surface area contributed by atoms with E-state index in [2.05, 4.69) is 21.2 Å². The highest BCUT2D eigenvalue weighted by Gasteiger charge is 2.18. The Balaban J connectivity index is 2.63. The van der Waals surface area contributed by atoms with Gasteiger partial charge in [0, 0.05) is 5.02 Å². The van der Waals surface area contributed by atoms with Crippen LogP contribution < -0.4 is 10.1 Å². The molecule has 1 amide bonds. The highest BCUT2D eigenvalue weighted by molar-refractivity contribution is 9.10. The predicted molar refractivity (Wildman–Crippen MR) is 78.5 cm³/mol. The number of carbonyl (C=O) groups excluding carboxylic acids is 1. The monoisotopic (exact) mass is 349 g/mol. The highest BCUT2D eigenvalue weighted by atomic mass is 79.9. The van der Waals surface area contributed by atoms with Crippen molar-refractivity contribution >= 4 is 33.4 Å². The number of ether oxygens (including phenoxy) is 1. The average molecular weight is 351 g/mol. The number of hydrogen-bond acceptors (Lipinski definition) is 3. The molecule has 0 saturated carbocycles. The average Bonchev–Trinajstić information content (AvgIpc) is 2.38. The quantitative estimate of drug-likeness (QED) is 0.829. The number of rotatable bonds is 6. The molecule has 106 valence electrons. The minimum Gasteiger partial charge on any atom is -0.480 e. The maximum atomic E-state index is 11.9. The first-order chi connectivity index (χ1) is 8.97. The van der Waals surface area contributed by atoms with E-state index in [1.807, 2.05) is 6.92 Å². The first-order valence-electron chi connectivity index (χ1n) is 6.00. The molecule has 2 N–H and O–H groups in total. The van der Waals surface area contributed by atoms with E-state index >= 15 is 0 Å². The molecule has 0 heterocycles. The Bertz CT molecular complexity index is 438. The number of benzene rings is 1. The molecule has 0 spiro atoms. The summed E-state index contributed by atoms with van der Waals surface area (Å²) in [6.45, 7) is 3.46. The van der Waals surface area contributed by atoms with E-state index in [0.717, 1.165) is 0 Å². The van der Waals surface area contributed by atoms with Crippen LogP contribution in [-0.2, 0) is 4.79 Å². The van der Waals surface area contributed by atoms with Crippen molar-refractivity contribution < 1.29 is 14.6 Å². The number of carbonyl (C=O) groups is 1. The van der Waals surface area contributed by atoms with Crippen molar-refractivity contribution in [2.24, 2.45) is 0 Å². The molecule has 0 bridgehead atoms. The first-order valence-corrected chi connectivity index (χ1v) is 7.18. The van der Waals surface area contributed by atoms with Crippen molar-refractivity contribution in [1.82, 2.24) is 5.32 Å². The summed E-state index contributed by atoms with van der Waals surface area (Å²) < 4.78 is 6.24. The van der Waals surface area contributed by atoms with Gasteiger partial charge >= 0.3 is 0 Å². The van der Waals surface area contributed by atoms with Gasteiger partial charge in [0.2, 0.25) is 0 Å². The Morgan fingerprint density at radius 2 is 2.26 bits per heavy atom. The molecule has 0 radical (unpaired) electrons. The van der Waals surface area contributed by atoms with Crippen LogP contribution in [0.5, 0.6) is 5.75 Å². The molecule has 4 nitrogen and oxygen atoms in total. The van der Waals surface area contributed by atoms with Crippen molar-refractivity contribution in [1.29, 1.82) is 0 Å². The molecule has 1 rings (SSSR count). The number of hydrogen-bond donors (Lipinski definition) is 2. The van der Waals surface area contributed by atoms with Crippen LogP contribution in [0, 0.1) is 0 Å². The second-order valence-corrected chi connectivity index (χ2v) is 5.42. The molecular weight excluding hydrogens is 334 g/mol. The molecule has 0 fully saturated rings. The van der Waals surface area contributed by atoms with Crippen LogP contribution in [0.4, 0.5) is 0 Å². The van der Waals surface area contributed by atoms with Crippen molar-refractivity contribution in [2.45, 2.75) is 32.4 Å². The van der Waals surface area contributed by atoms with Crippen LogP contribution in [0.2, 0.25) is 5.02 Å². The lowest BCUT2D eigenvalue weighted by Gasteiger charge is -2.19. The summed E-state index contributed by atoms with van der Waals surface area (Å²) in [4.78, 5) is 11.9. The second-order valence-electron chi connectivity index (χ2n) is 4.13. The number of nitrogens with one attached hydrogen (secondary N) is 1. The fourth-order valence-electron chi connectivity index (χ4n) is 1.41. The topological polar surface area (TPSA) is 58.6 Å². The fraction of sp³-hybridized carbons (Fsp3) is 0.462. The molecular formula is C13H17BrClNO3. The molecule has 0 saturated heterocycles. The van der Waals surface area contributed by atoms with Crippen LogP contribution in [-0.4, -0.2) is 29.8 Å². The normalized spacial score (nSPS) is 13.7. The first kappa shape index (κ1) is 16.3. The van der Waals surface area contributed by atoms with Gasteiger partial charge in [-0.15, -0.1) is 0 Å². The predicted octanol–water partition coefficient (Wildman–Crippen LogP) is 2.76. The zero-order valence-corrected chi connectivity index (χ0v) is 13.2. The third kappa shape index (κ3) is 5.01. The van der Waals surface area contributed by atoms with Crippen molar-refractivity contribution in [3.63, 3.8) is 0 Å². The van der Waals surface area contributed by atoms with Gasteiger partial charge in [0.1, 0.15) is 5.75 Å². The van der Waals surface area contributed by atoms with E-state index in [-0.39, 0.29) is 18.6 Å². The fourth-order valence-corrected chi connectivity index (χ4v) is 2.19. The molecule has 2 atom stereocenters. The molecule has 0 aliphatic rings. The Labute approximate surface area is 126 Å². The minimum atomic E-state index is -0.655. The van der Waals surface area contributed by atoms with Gasteiger partial charge in [-0.25, -0.2) is 0 Å². The lowest BCUT2D eigenvalue weighted by Crippen LogP contribution is -2.43. The lowest BCUT2D eigenvalue weighted by molar-refractivity contribution is -0.128. The number of aliphatic hydroxyl groups excluding tert-OH is 1. The maximum absolute atomic E-state index is 11.9. The van der Waals surface area contributed by atoms with Gasteiger partial charge in [-0.1, -0.05) is 18.5 Å². The van der Waals surface area contributed by atoms with Gasteiger partial charge in [0.25, 0.3) is 5.91 Å². The van der Waals surface area contributed by atoms with Gasteiger partial charge in [0.15, 0.2) is 6.10 Å². The van der Waals surface area contributed by atoms with Gasteiger partial charge in [0.05, 0.1) is 17.1 Å². The molecule has 0 aromatic heterocycles. The van der Waals surface area contributed by atoms with Crippen molar-refractivity contribution in [3.05, 3.63) is 27.7 Å². The summed E-state index contributed by atoms with van der Waals surface area (Å²) in [5.41, 5.74) is 0. The van der Waals surface area contributed by atoms with Crippen molar-refractivity contribution in [3.8, 4) is 5.75 Å². The standard InChI is InChI=1S/C13H17BrClNO3/c1-3-10(7-17)16-13(18)8(2)19-12-5-4-9(15)6-11(12)14/h4-6,8,10,17H,3,7H2,1-2H3,(H,16,18)/t8?,10-/m1/s1. The summed E-state index contributed by atoms with van der Waals surface area (Å²) in [5.74, 6) is 0.284. The largest absolute Gasteiger partial charge is 0.480 e. The van der Waals surface area contributed by atoms with Crippen LogP contribution in [0.15, 0.2) is 22.7 Å². The third-order valence-electron chi connectivity index (χ3n) is 2.63. The maximum Gasteiger partial charge on any atom is 0.261 e. The van der Waals surface area contributed by atoms with E-state index in [1.165, 1.54) is 0 Å². The summed E-state index contributed by atoms with van der Waals surface area (Å²) in [6, 6.07) is 4.84. The number of aliphatic hydroxyl groups is 1. The zero-order chi connectivity index (χ0) is 14.4. The van der Waals surface area contributed by atoms with Gasteiger partial charge in [-0.3, -0.25) is 4.79 Å². The van der Waals surface area contributed by atoms with Gasteiger partial charge in [-0.2, -0.15) is 0 Å². The van der Waals surface area contributed by atoms with Crippen LogP contribution in [0.25, 0.3) is 0 Å². The number of halogens is 2. The lowest BCUT2D eigenvalue weighted by atomic mass is 10.2. The molecule has 1 aromatic rings. The molecule has 19 heavy (non-hydrogen) atoms. The molecule has 0 aliphatic heterocycles. The highest BCUT2D eigenvalue weighted by Crippen LogP contribution is 2.28. The Hall–Kier alpha value is -0.780. The summed E-state index contributed by atoms with van der Waals surface area (Å²) in [6.07, 6.45) is 0.0117.